The van der Waals surface area contributed by atoms with E-state index >= 15 is 0 Å². The highest BCUT2D eigenvalue weighted by molar-refractivity contribution is 7.14. The van der Waals surface area contributed by atoms with Crippen molar-refractivity contribution in [3.63, 3.8) is 0 Å². The number of thiazole rings is 1. The van der Waals surface area contributed by atoms with Gasteiger partial charge in [-0.2, -0.15) is 0 Å². The average molecular weight is 535 g/mol. The number of ether oxygens (including phenoxy) is 1. The maximum absolute atomic E-state index is 13.8. The number of benzene rings is 1. The molecule has 2 aliphatic rings. The molecule has 3 aromatic rings. The number of carbonyl (C=O) groups is 2. The van der Waals surface area contributed by atoms with Crippen LogP contribution in [0, 0.1) is 19.8 Å². The minimum Gasteiger partial charge on any atom is -0.466 e. The second-order valence-electron chi connectivity index (χ2n) is 10.5. The second kappa shape index (κ2) is 11.7. The van der Waals surface area contributed by atoms with E-state index in [9.17, 15) is 9.59 Å². The summed E-state index contributed by atoms with van der Waals surface area (Å²) in [6, 6.07) is 10.6. The van der Waals surface area contributed by atoms with Crippen molar-refractivity contribution < 1.29 is 14.3 Å². The van der Waals surface area contributed by atoms with Crippen LogP contribution in [0.25, 0.3) is 11.4 Å². The first-order valence-electron chi connectivity index (χ1n) is 13.9. The number of nitrogens with one attached hydrogen (secondary N) is 1. The summed E-state index contributed by atoms with van der Waals surface area (Å²) in [7, 11) is 0. The molecule has 0 radical (unpaired) electrons. The second-order valence-corrected chi connectivity index (χ2v) is 11.3. The van der Waals surface area contributed by atoms with Crippen LogP contribution in [0.15, 0.2) is 35.7 Å². The Labute approximate surface area is 229 Å². The number of likely N-dealkylation sites (tertiary alicyclic amines) is 1. The van der Waals surface area contributed by atoms with Crippen LogP contribution in [0.3, 0.4) is 0 Å². The summed E-state index contributed by atoms with van der Waals surface area (Å²) in [5, 5.41) is 6.40. The lowest BCUT2D eigenvalue weighted by Gasteiger charge is -2.31. The molecule has 8 heteroatoms. The van der Waals surface area contributed by atoms with Gasteiger partial charge in [0.25, 0.3) is 5.91 Å². The van der Waals surface area contributed by atoms with Crippen molar-refractivity contribution in [1.82, 2.24) is 14.5 Å². The molecular weight excluding hydrogens is 496 g/mol. The van der Waals surface area contributed by atoms with Gasteiger partial charge >= 0.3 is 5.97 Å². The fourth-order valence-corrected chi connectivity index (χ4v) is 6.59. The number of esters is 1. The molecule has 1 aliphatic heterocycles. The molecule has 1 N–H and O–H groups in total. The molecule has 0 spiro atoms. The van der Waals surface area contributed by atoms with Crippen molar-refractivity contribution in [2.45, 2.75) is 71.8 Å². The zero-order chi connectivity index (χ0) is 26.6. The Morgan fingerprint density at radius 3 is 2.53 bits per heavy atom. The summed E-state index contributed by atoms with van der Waals surface area (Å²) < 4.78 is 7.58. The first-order chi connectivity index (χ1) is 18.5. The van der Waals surface area contributed by atoms with E-state index in [1.807, 2.05) is 24.0 Å². The van der Waals surface area contributed by atoms with Crippen LogP contribution in [0.2, 0.25) is 0 Å². The van der Waals surface area contributed by atoms with Gasteiger partial charge < -0.3 is 19.5 Å². The summed E-state index contributed by atoms with van der Waals surface area (Å²) in [6.45, 7) is 7.54. The van der Waals surface area contributed by atoms with Gasteiger partial charge in [0.05, 0.1) is 29.5 Å². The minimum atomic E-state index is -0.139. The van der Waals surface area contributed by atoms with Crippen LogP contribution in [0.1, 0.15) is 79.5 Å². The molecule has 2 fully saturated rings. The van der Waals surface area contributed by atoms with Gasteiger partial charge in [-0.15, -0.1) is 11.3 Å². The number of aryl methyl sites for hydroxylation is 1. The molecule has 1 aromatic carbocycles. The highest BCUT2D eigenvalue weighted by Crippen LogP contribution is 2.38. The molecule has 3 heterocycles. The monoisotopic (exact) mass is 534 g/mol. The van der Waals surface area contributed by atoms with Crippen molar-refractivity contribution in [3.05, 3.63) is 52.5 Å². The molecular formula is C30H38N4O3S. The highest BCUT2D eigenvalue weighted by atomic mass is 32.1. The van der Waals surface area contributed by atoms with E-state index in [1.54, 1.807) is 11.3 Å². The van der Waals surface area contributed by atoms with E-state index in [0.29, 0.717) is 38.6 Å². The number of piperidine rings is 1. The van der Waals surface area contributed by atoms with Gasteiger partial charge in [0.2, 0.25) is 0 Å². The third kappa shape index (κ3) is 5.51. The van der Waals surface area contributed by atoms with Crippen molar-refractivity contribution in [1.29, 1.82) is 0 Å². The molecule has 2 aromatic heterocycles. The van der Waals surface area contributed by atoms with Crippen molar-refractivity contribution in [2.24, 2.45) is 5.92 Å². The third-order valence-electron chi connectivity index (χ3n) is 8.02. The summed E-state index contributed by atoms with van der Waals surface area (Å²) in [6.07, 6.45) is 7.25. The minimum absolute atomic E-state index is 0.0501. The van der Waals surface area contributed by atoms with Crippen LogP contribution in [0.4, 0.5) is 10.8 Å². The zero-order valence-electron chi connectivity index (χ0n) is 22.7. The topological polar surface area (TPSA) is 76.5 Å². The quantitative estimate of drug-likeness (QED) is 0.334. The molecule has 5 rings (SSSR count). The van der Waals surface area contributed by atoms with E-state index in [-0.39, 0.29) is 17.8 Å². The highest BCUT2D eigenvalue weighted by Gasteiger charge is 2.32. The fourth-order valence-electron chi connectivity index (χ4n) is 5.87. The largest absolute Gasteiger partial charge is 0.466 e. The lowest BCUT2D eigenvalue weighted by Crippen LogP contribution is -2.40. The van der Waals surface area contributed by atoms with E-state index in [2.05, 4.69) is 47.3 Å². The van der Waals surface area contributed by atoms with E-state index in [4.69, 9.17) is 9.72 Å². The van der Waals surface area contributed by atoms with Gasteiger partial charge in [0.1, 0.15) is 0 Å². The number of rotatable bonds is 7. The fraction of sp³-hybridized carbons (Fsp3) is 0.500. The average Bonchev–Trinajstić information content (AvgIpc) is 3.54. The normalized spacial score (nSPS) is 17.0. The predicted molar refractivity (Wildman–Crippen MR) is 152 cm³/mol. The number of hydrogen-bond acceptors (Lipinski definition) is 6. The Morgan fingerprint density at radius 1 is 1.08 bits per heavy atom. The number of hydrogen-bond donors (Lipinski definition) is 1. The Kier molecular flexibility index (Phi) is 8.17. The van der Waals surface area contributed by atoms with Gasteiger partial charge in [-0.05, 0) is 64.2 Å². The summed E-state index contributed by atoms with van der Waals surface area (Å²) >= 11 is 1.59. The molecule has 7 nitrogen and oxygen atoms in total. The van der Waals surface area contributed by atoms with Crippen molar-refractivity contribution in [3.8, 4) is 11.4 Å². The molecule has 0 bridgehead atoms. The van der Waals surface area contributed by atoms with Crippen molar-refractivity contribution in [2.75, 3.05) is 25.0 Å². The van der Waals surface area contributed by atoms with Gasteiger partial charge in [-0.25, -0.2) is 4.98 Å². The Balaban J connectivity index is 1.41. The van der Waals surface area contributed by atoms with E-state index in [0.717, 1.165) is 46.3 Å². The van der Waals surface area contributed by atoms with Gasteiger partial charge in [0.15, 0.2) is 5.13 Å². The first kappa shape index (κ1) is 26.5. The van der Waals surface area contributed by atoms with Gasteiger partial charge in [0, 0.05) is 35.9 Å². The van der Waals surface area contributed by atoms with Crippen LogP contribution in [-0.4, -0.2) is 46.0 Å². The first-order valence-corrected chi connectivity index (χ1v) is 14.8. The standard InChI is InChI=1S/C30H38N4O3S/c1-4-37-29(36)22-14-16-33(17-15-22)28(35)24-18-27(34(21(24)3)23-11-6-5-7-12-23)26-19-38-30(32-26)31-25-13-9-8-10-20(25)2/h8-10,13,18-19,22-23H,4-7,11-12,14-17H2,1-3H3,(H,31,32). The summed E-state index contributed by atoms with van der Waals surface area (Å²) in [5.74, 6) is -0.203. The van der Waals surface area contributed by atoms with E-state index in [1.165, 1.54) is 24.8 Å². The smallest absolute Gasteiger partial charge is 0.309 e. The molecule has 1 saturated heterocycles. The SMILES string of the molecule is CCOC(=O)C1CCN(C(=O)c2cc(-c3csc(Nc4ccccc4C)n3)n(C3CCCCC3)c2C)CC1. The molecule has 1 saturated carbocycles. The van der Waals surface area contributed by atoms with Gasteiger partial charge in [-0.3, -0.25) is 9.59 Å². The van der Waals surface area contributed by atoms with Crippen LogP contribution in [0.5, 0.6) is 0 Å². The molecule has 1 amide bonds. The summed E-state index contributed by atoms with van der Waals surface area (Å²) in [4.78, 5) is 32.8. The summed E-state index contributed by atoms with van der Waals surface area (Å²) in [5.41, 5.74) is 5.92. The van der Waals surface area contributed by atoms with Crippen LogP contribution < -0.4 is 5.32 Å². The Bertz CT molecular complexity index is 1280. The zero-order valence-corrected chi connectivity index (χ0v) is 23.5. The molecule has 0 atom stereocenters. The molecule has 0 unspecified atom stereocenters. The predicted octanol–water partition coefficient (Wildman–Crippen LogP) is 6.89. The number of nitrogens with zero attached hydrogens (tertiary/aromatic N) is 3. The molecule has 1 aliphatic carbocycles. The maximum Gasteiger partial charge on any atom is 0.309 e. The van der Waals surface area contributed by atoms with Gasteiger partial charge in [-0.1, -0.05) is 37.5 Å². The lowest BCUT2D eigenvalue weighted by atomic mass is 9.95. The molecule has 38 heavy (non-hydrogen) atoms. The van der Waals surface area contributed by atoms with Crippen molar-refractivity contribution >= 4 is 34.0 Å². The van der Waals surface area contributed by atoms with E-state index < -0.39 is 0 Å². The lowest BCUT2D eigenvalue weighted by molar-refractivity contribution is -0.149. The number of aromatic nitrogens is 2. The number of carbonyl (C=O) groups excluding carboxylic acids is 2. The van der Waals surface area contributed by atoms with Crippen LogP contribution in [-0.2, 0) is 9.53 Å². The maximum atomic E-state index is 13.8. The third-order valence-corrected chi connectivity index (χ3v) is 8.78. The number of amides is 1. The van der Waals surface area contributed by atoms with Crippen LogP contribution >= 0.6 is 11.3 Å². The molecule has 202 valence electrons. The Hall–Kier alpha value is -3.13. The number of para-hydroxylation sites is 1. The number of anilines is 2. The Morgan fingerprint density at radius 2 is 1.82 bits per heavy atom.